The summed E-state index contributed by atoms with van der Waals surface area (Å²) in [5.41, 5.74) is -0.791. The number of nitrogens with one attached hydrogen (secondary N) is 2. The van der Waals surface area contributed by atoms with E-state index >= 15 is 0 Å². The molecule has 0 aliphatic heterocycles. The second-order valence-corrected chi connectivity index (χ2v) is 12.8. The number of carbonyl (C=O) groups is 4. The van der Waals surface area contributed by atoms with Crippen molar-refractivity contribution in [3.8, 4) is 0 Å². The number of esters is 1. The van der Waals surface area contributed by atoms with Gasteiger partial charge in [0.2, 0.25) is 5.91 Å². The Morgan fingerprint density at radius 3 is 2.16 bits per heavy atom. The first-order chi connectivity index (χ1) is 17.6. The van der Waals surface area contributed by atoms with E-state index in [9.17, 15) is 23.4 Å². The zero-order valence-corrected chi connectivity index (χ0v) is 24.1. The van der Waals surface area contributed by atoms with Crippen molar-refractivity contribution in [2.75, 3.05) is 12.4 Å². The molecule has 11 heteroatoms. The summed E-state index contributed by atoms with van der Waals surface area (Å²) in [5.74, 6) is -3.29. The van der Waals surface area contributed by atoms with Crippen LogP contribution in [0.1, 0.15) is 54.9 Å². The van der Waals surface area contributed by atoms with Gasteiger partial charge in [-0.15, -0.1) is 0 Å². The molecule has 0 fully saturated rings. The predicted molar refractivity (Wildman–Crippen MR) is 146 cm³/mol. The Morgan fingerprint density at radius 2 is 1.66 bits per heavy atom. The first-order valence-electron chi connectivity index (χ1n) is 12.5. The normalized spacial score (nSPS) is 14.6. The summed E-state index contributed by atoms with van der Waals surface area (Å²) in [5, 5.41) is 5.07. The molecule has 1 rings (SSSR count). The maximum absolute atomic E-state index is 14.1. The van der Waals surface area contributed by atoms with Gasteiger partial charge >= 0.3 is 12.1 Å². The fraction of sp³-hybridized carbons (Fsp3) is 0.556. The molecule has 1 aromatic rings. The van der Waals surface area contributed by atoms with Crippen LogP contribution in [-0.4, -0.2) is 58.1 Å². The Labute approximate surface area is 226 Å². The highest BCUT2D eigenvalue weighted by molar-refractivity contribution is 7.94. The molecule has 212 valence electrons. The average Bonchev–Trinajstić information content (AvgIpc) is 2.79. The fourth-order valence-electron chi connectivity index (χ4n) is 3.29. The highest BCUT2D eigenvalue weighted by Crippen LogP contribution is 2.17. The number of alkyl carbamates (subject to hydrolysis) is 1. The molecule has 2 N–H and O–H groups in total. The maximum Gasteiger partial charge on any atom is 0.408 e. The molecule has 0 bridgehead atoms. The molecule has 0 saturated carbocycles. The maximum atomic E-state index is 14.1. The zero-order valence-electron chi connectivity index (χ0n) is 23.3. The van der Waals surface area contributed by atoms with Crippen molar-refractivity contribution in [2.24, 2.45) is 16.2 Å². The summed E-state index contributed by atoms with van der Waals surface area (Å²) >= 11 is 0. The molecule has 0 saturated heterocycles. The van der Waals surface area contributed by atoms with Crippen LogP contribution in [-0.2, 0) is 33.6 Å². The monoisotopic (exact) mass is 551 g/mol. The zero-order chi connectivity index (χ0) is 29.1. The van der Waals surface area contributed by atoms with Gasteiger partial charge in [0.15, 0.2) is 0 Å². The van der Waals surface area contributed by atoms with E-state index in [1.165, 1.54) is 18.2 Å². The first kappa shape index (κ1) is 32.8. The number of hydrogen-bond acceptors (Lipinski definition) is 7. The van der Waals surface area contributed by atoms with E-state index in [-0.39, 0.29) is 17.4 Å². The predicted octanol–water partition coefficient (Wildman–Crippen LogP) is 3.85. The molecule has 0 aromatic heterocycles. The van der Waals surface area contributed by atoms with Crippen LogP contribution in [0.15, 0.2) is 52.2 Å². The van der Waals surface area contributed by atoms with E-state index in [1.54, 1.807) is 52.8 Å². The summed E-state index contributed by atoms with van der Waals surface area (Å²) in [4.78, 5) is 51.2. The Bertz CT molecular complexity index is 1100. The van der Waals surface area contributed by atoms with Crippen molar-refractivity contribution in [2.45, 2.75) is 77.5 Å². The van der Waals surface area contributed by atoms with E-state index < -0.39 is 63.0 Å². The lowest BCUT2D eigenvalue weighted by Crippen LogP contribution is -2.47. The van der Waals surface area contributed by atoms with Crippen LogP contribution in [0.25, 0.3) is 0 Å². The van der Waals surface area contributed by atoms with E-state index in [0.717, 1.165) is 0 Å². The largest absolute Gasteiger partial charge is 0.460 e. The molecule has 0 aliphatic carbocycles. The SMILES string of the molecule is C=CCOC(=O)[C@H](CC(C)C)NC(=O)CS(=O)(=NC(=O)[C@@H](NC(=O)OC(C)(C)C)C(C)C)c1ccccc1. The van der Waals surface area contributed by atoms with Crippen LogP contribution in [0.2, 0.25) is 0 Å². The van der Waals surface area contributed by atoms with Gasteiger partial charge < -0.3 is 20.1 Å². The number of hydrogen-bond donors (Lipinski definition) is 2. The third-order valence-electron chi connectivity index (χ3n) is 4.95. The molecule has 0 aliphatic rings. The second kappa shape index (κ2) is 14.7. The molecule has 3 amide bonds. The molecule has 1 aromatic carbocycles. The number of benzene rings is 1. The molecule has 38 heavy (non-hydrogen) atoms. The summed E-state index contributed by atoms with van der Waals surface area (Å²) in [6, 6.07) is 5.81. The third-order valence-corrected chi connectivity index (χ3v) is 7.09. The Morgan fingerprint density at radius 1 is 1.05 bits per heavy atom. The molecule has 1 unspecified atom stereocenters. The summed E-state index contributed by atoms with van der Waals surface area (Å²) in [6.07, 6.45) is 0.882. The van der Waals surface area contributed by atoms with E-state index in [2.05, 4.69) is 21.6 Å². The fourth-order valence-corrected chi connectivity index (χ4v) is 5.05. The summed E-state index contributed by atoms with van der Waals surface area (Å²) in [6.45, 7) is 15.7. The van der Waals surface area contributed by atoms with Gasteiger partial charge in [-0.25, -0.2) is 13.8 Å². The smallest absolute Gasteiger partial charge is 0.408 e. The van der Waals surface area contributed by atoms with Crippen molar-refractivity contribution in [1.29, 1.82) is 0 Å². The van der Waals surface area contributed by atoms with Gasteiger partial charge in [0.25, 0.3) is 5.91 Å². The van der Waals surface area contributed by atoms with Crippen LogP contribution in [0.5, 0.6) is 0 Å². The number of carbonyl (C=O) groups excluding carboxylic acids is 4. The standard InChI is InChI=1S/C27H41N3O7S/c1-9-15-36-25(33)21(16-18(2)3)28-22(31)17-38(35,20-13-11-10-12-14-20)30-24(32)23(19(4)5)29-26(34)37-27(6,7)8/h9-14,18-19,21,23H,1,15-17H2,2-8H3,(H,28,31)(H,29,34)/t21-,23-,38?/m0/s1. The number of amides is 3. The van der Waals surface area contributed by atoms with Gasteiger partial charge in [-0.3, -0.25) is 9.59 Å². The second-order valence-electron chi connectivity index (χ2n) is 10.6. The van der Waals surface area contributed by atoms with Crippen molar-refractivity contribution in [1.82, 2.24) is 10.6 Å². The summed E-state index contributed by atoms with van der Waals surface area (Å²) in [7, 11) is -3.63. The van der Waals surface area contributed by atoms with E-state index in [1.807, 2.05) is 13.8 Å². The van der Waals surface area contributed by atoms with E-state index in [4.69, 9.17) is 9.47 Å². The molecule has 0 spiro atoms. The highest BCUT2D eigenvalue weighted by Gasteiger charge is 2.30. The summed E-state index contributed by atoms with van der Waals surface area (Å²) < 4.78 is 28.4. The van der Waals surface area contributed by atoms with Gasteiger partial charge in [-0.05, 0) is 51.2 Å². The van der Waals surface area contributed by atoms with Gasteiger partial charge in [0.05, 0.1) is 9.73 Å². The van der Waals surface area contributed by atoms with Gasteiger partial charge in [0, 0.05) is 4.90 Å². The molecule has 0 radical (unpaired) electrons. The minimum atomic E-state index is -3.63. The van der Waals surface area contributed by atoms with Crippen LogP contribution in [0, 0.1) is 11.8 Å². The van der Waals surface area contributed by atoms with Crippen LogP contribution < -0.4 is 10.6 Å². The topological polar surface area (TPSA) is 140 Å². The molecule has 10 nitrogen and oxygen atoms in total. The number of ether oxygens (including phenoxy) is 2. The molecular weight excluding hydrogens is 510 g/mol. The average molecular weight is 552 g/mol. The minimum absolute atomic E-state index is 0.0187. The van der Waals surface area contributed by atoms with Crippen molar-refractivity contribution in [3.63, 3.8) is 0 Å². The third kappa shape index (κ3) is 11.5. The lowest BCUT2D eigenvalue weighted by molar-refractivity contribution is -0.147. The Hall–Kier alpha value is -3.21. The lowest BCUT2D eigenvalue weighted by Gasteiger charge is -2.24. The van der Waals surface area contributed by atoms with Crippen LogP contribution in [0.3, 0.4) is 0 Å². The number of rotatable bonds is 12. The number of nitrogens with zero attached hydrogens (tertiary/aromatic N) is 1. The molecular formula is C27H41N3O7S. The van der Waals surface area contributed by atoms with Gasteiger partial charge in [0.1, 0.15) is 30.0 Å². The molecule has 0 heterocycles. The van der Waals surface area contributed by atoms with Crippen molar-refractivity contribution < 1.29 is 32.9 Å². The quantitative estimate of drug-likeness (QED) is 0.297. The van der Waals surface area contributed by atoms with Gasteiger partial charge in [-0.2, -0.15) is 4.36 Å². The van der Waals surface area contributed by atoms with Crippen molar-refractivity contribution >= 4 is 33.6 Å². The van der Waals surface area contributed by atoms with E-state index in [0.29, 0.717) is 6.42 Å². The van der Waals surface area contributed by atoms with Crippen LogP contribution >= 0.6 is 0 Å². The lowest BCUT2D eigenvalue weighted by atomic mass is 10.0. The van der Waals surface area contributed by atoms with Crippen LogP contribution in [0.4, 0.5) is 4.79 Å². The minimum Gasteiger partial charge on any atom is -0.460 e. The van der Waals surface area contributed by atoms with Gasteiger partial charge in [-0.1, -0.05) is 58.5 Å². The van der Waals surface area contributed by atoms with Crippen molar-refractivity contribution in [3.05, 3.63) is 43.0 Å². The molecule has 3 atom stereocenters. The highest BCUT2D eigenvalue weighted by atomic mass is 32.2. The Kier molecular flexibility index (Phi) is 12.7. The Balaban J connectivity index is 3.33. The first-order valence-corrected chi connectivity index (χ1v) is 14.2.